The van der Waals surface area contributed by atoms with Gasteiger partial charge in [0.05, 0.1) is 6.10 Å². The van der Waals surface area contributed by atoms with Crippen molar-refractivity contribution in [2.75, 3.05) is 32.0 Å². The summed E-state index contributed by atoms with van der Waals surface area (Å²) in [5.41, 5.74) is 6.33. The molecule has 0 aromatic carbocycles. The number of nitrogens with zero attached hydrogens (tertiary/aromatic N) is 2. The van der Waals surface area contributed by atoms with Crippen molar-refractivity contribution in [1.82, 2.24) is 9.47 Å². The van der Waals surface area contributed by atoms with Gasteiger partial charge in [-0.3, -0.25) is 9.69 Å². The van der Waals surface area contributed by atoms with Gasteiger partial charge in [-0.2, -0.15) is 0 Å². The maximum atomic E-state index is 11.7. The fourth-order valence-electron chi connectivity index (χ4n) is 2.43. The number of hydrogen-bond acceptors (Lipinski definition) is 4. The molecule has 1 aromatic rings. The first-order valence-electron chi connectivity index (χ1n) is 6.99. The number of aromatic nitrogens is 1. The maximum Gasteiger partial charge on any atom is 0.250 e. The van der Waals surface area contributed by atoms with Gasteiger partial charge in [-0.15, -0.1) is 0 Å². The van der Waals surface area contributed by atoms with Crippen molar-refractivity contribution < 1.29 is 4.74 Å². The van der Waals surface area contributed by atoms with Crippen LogP contribution in [0.4, 0.5) is 5.69 Å². The van der Waals surface area contributed by atoms with Crippen molar-refractivity contribution in [2.45, 2.75) is 32.4 Å². The highest BCUT2D eigenvalue weighted by molar-refractivity contribution is 5.33. The molecule has 2 rings (SSSR count). The average molecular weight is 265 g/mol. The van der Waals surface area contributed by atoms with Gasteiger partial charge in [-0.05, 0) is 25.5 Å². The van der Waals surface area contributed by atoms with Crippen LogP contribution in [0.3, 0.4) is 0 Å². The molecule has 0 bridgehead atoms. The Kier molecular flexibility index (Phi) is 4.99. The first-order valence-corrected chi connectivity index (χ1v) is 6.99. The standard InChI is InChI=1S/C14H23N3O2/c1-2-16(11-13-4-3-9-19-13)7-8-17-10-12(15)5-6-14(17)18/h5-6,10,13H,2-4,7-9,11,15H2,1H3. The molecule has 1 aliphatic rings. The van der Waals surface area contributed by atoms with E-state index in [1.807, 2.05) is 0 Å². The van der Waals surface area contributed by atoms with Crippen LogP contribution < -0.4 is 11.3 Å². The Morgan fingerprint density at radius 3 is 3.05 bits per heavy atom. The molecule has 5 nitrogen and oxygen atoms in total. The highest BCUT2D eigenvalue weighted by Gasteiger charge is 2.18. The fourth-order valence-corrected chi connectivity index (χ4v) is 2.43. The fraction of sp³-hybridized carbons (Fsp3) is 0.643. The van der Waals surface area contributed by atoms with Crippen molar-refractivity contribution in [3.63, 3.8) is 0 Å². The van der Waals surface area contributed by atoms with E-state index in [9.17, 15) is 4.79 Å². The van der Waals surface area contributed by atoms with E-state index in [0.717, 1.165) is 39.1 Å². The maximum absolute atomic E-state index is 11.7. The molecular formula is C14H23N3O2. The Hall–Kier alpha value is -1.33. The first-order chi connectivity index (χ1) is 9.19. The van der Waals surface area contributed by atoms with E-state index in [1.54, 1.807) is 16.8 Å². The zero-order valence-corrected chi connectivity index (χ0v) is 11.5. The van der Waals surface area contributed by atoms with Gasteiger partial charge in [0.1, 0.15) is 0 Å². The summed E-state index contributed by atoms with van der Waals surface area (Å²) in [6, 6.07) is 3.16. The summed E-state index contributed by atoms with van der Waals surface area (Å²) in [6.45, 7) is 6.46. The summed E-state index contributed by atoms with van der Waals surface area (Å²) in [6.07, 6.45) is 4.38. The first kappa shape index (κ1) is 14.1. The molecule has 1 saturated heterocycles. The Labute approximate surface area is 114 Å². The second kappa shape index (κ2) is 6.73. The quantitative estimate of drug-likeness (QED) is 0.831. The number of anilines is 1. The van der Waals surface area contributed by atoms with Gasteiger partial charge >= 0.3 is 0 Å². The lowest BCUT2D eigenvalue weighted by Gasteiger charge is -2.23. The van der Waals surface area contributed by atoms with Gasteiger partial charge in [0.25, 0.3) is 5.56 Å². The molecule has 1 atom stereocenters. The molecular weight excluding hydrogens is 242 g/mol. The molecule has 0 amide bonds. The molecule has 1 aliphatic heterocycles. The van der Waals surface area contributed by atoms with Crippen molar-refractivity contribution >= 4 is 5.69 Å². The molecule has 0 radical (unpaired) electrons. The van der Waals surface area contributed by atoms with Crippen LogP contribution >= 0.6 is 0 Å². The Morgan fingerprint density at radius 2 is 2.37 bits per heavy atom. The second-order valence-corrected chi connectivity index (χ2v) is 5.02. The van der Waals surface area contributed by atoms with Crippen molar-refractivity contribution in [1.29, 1.82) is 0 Å². The SMILES string of the molecule is CCN(CCn1cc(N)ccc1=O)CC1CCCO1. The monoisotopic (exact) mass is 265 g/mol. The molecule has 0 spiro atoms. The van der Waals surface area contributed by atoms with Crippen molar-refractivity contribution in [3.05, 3.63) is 28.7 Å². The van der Waals surface area contributed by atoms with Crippen LogP contribution in [0.2, 0.25) is 0 Å². The number of ether oxygens (including phenoxy) is 1. The van der Waals surface area contributed by atoms with E-state index in [1.165, 1.54) is 6.07 Å². The van der Waals surface area contributed by atoms with Crippen LogP contribution in [0.25, 0.3) is 0 Å². The molecule has 1 unspecified atom stereocenters. The topological polar surface area (TPSA) is 60.5 Å². The second-order valence-electron chi connectivity index (χ2n) is 5.02. The lowest BCUT2D eigenvalue weighted by atomic mass is 10.2. The number of pyridine rings is 1. The highest BCUT2D eigenvalue weighted by Crippen LogP contribution is 2.13. The molecule has 1 aromatic heterocycles. The number of nitrogen functional groups attached to an aromatic ring is 1. The molecule has 0 saturated carbocycles. The third-order valence-corrected chi connectivity index (χ3v) is 3.60. The minimum Gasteiger partial charge on any atom is -0.398 e. The lowest BCUT2D eigenvalue weighted by molar-refractivity contribution is 0.0736. The minimum absolute atomic E-state index is 0.00219. The average Bonchev–Trinajstić information content (AvgIpc) is 2.91. The summed E-state index contributed by atoms with van der Waals surface area (Å²) in [5, 5.41) is 0. The van der Waals surface area contributed by atoms with Gasteiger partial charge in [0, 0.05) is 44.2 Å². The van der Waals surface area contributed by atoms with Gasteiger partial charge in [0.15, 0.2) is 0 Å². The van der Waals surface area contributed by atoms with Crippen LogP contribution in [0.1, 0.15) is 19.8 Å². The normalized spacial score (nSPS) is 19.2. The van der Waals surface area contributed by atoms with E-state index in [2.05, 4.69) is 11.8 Å². The summed E-state index contributed by atoms with van der Waals surface area (Å²) in [7, 11) is 0. The summed E-state index contributed by atoms with van der Waals surface area (Å²) in [5.74, 6) is 0. The van der Waals surface area contributed by atoms with Crippen LogP contribution in [-0.4, -0.2) is 41.8 Å². The van der Waals surface area contributed by atoms with Crippen LogP contribution in [-0.2, 0) is 11.3 Å². The van der Waals surface area contributed by atoms with Gasteiger partial charge in [-0.25, -0.2) is 0 Å². The molecule has 0 aliphatic carbocycles. The van der Waals surface area contributed by atoms with E-state index >= 15 is 0 Å². The predicted octanol–water partition coefficient (Wildman–Crippen LogP) is 0.931. The molecule has 2 heterocycles. The van der Waals surface area contributed by atoms with Crippen LogP contribution in [0.5, 0.6) is 0 Å². The largest absolute Gasteiger partial charge is 0.398 e. The Balaban J connectivity index is 1.88. The van der Waals surface area contributed by atoms with E-state index < -0.39 is 0 Å². The molecule has 19 heavy (non-hydrogen) atoms. The predicted molar refractivity (Wildman–Crippen MR) is 76.2 cm³/mol. The number of likely N-dealkylation sites (N-methyl/N-ethyl adjacent to an activating group) is 1. The Morgan fingerprint density at radius 1 is 1.53 bits per heavy atom. The molecule has 106 valence electrons. The van der Waals surface area contributed by atoms with E-state index in [0.29, 0.717) is 18.3 Å². The number of rotatable bonds is 6. The molecule has 2 N–H and O–H groups in total. The third-order valence-electron chi connectivity index (χ3n) is 3.60. The zero-order valence-electron chi connectivity index (χ0n) is 11.5. The van der Waals surface area contributed by atoms with E-state index in [4.69, 9.17) is 10.5 Å². The van der Waals surface area contributed by atoms with Crippen molar-refractivity contribution in [3.8, 4) is 0 Å². The number of hydrogen-bond donors (Lipinski definition) is 1. The summed E-state index contributed by atoms with van der Waals surface area (Å²) >= 11 is 0. The van der Waals surface area contributed by atoms with Gasteiger partial charge in [0.2, 0.25) is 0 Å². The van der Waals surface area contributed by atoms with E-state index in [-0.39, 0.29) is 5.56 Å². The summed E-state index contributed by atoms with van der Waals surface area (Å²) < 4.78 is 7.32. The highest BCUT2D eigenvalue weighted by atomic mass is 16.5. The Bertz CT molecular complexity index is 452. The minimum atomic E-state index is 0.00219. The summed E-state index contributed by atoms with van der Waals surface area (Å²) in [4.78, 5) is 14.0. The lowest BCUT2D eigenvalue weighted by Crippen LogP contribution is -2.36. The molecule has 1 fully saturated rings. The third kappa shape index (κ3) is 4.08. The van der Waals surface area contributed by atoms with Gasteiger partial charge in [-0.1, -0.05) is 6.92 Å². The van der Waals surface area contributed by atoms with Crippen LogP contribution in [0.15, 0.2) is 23.1 Å². The number of nitrogens with two attached hydrogens (primary N) is 1. The van der Waals surface area contributed by atoms with Crippen molar-refractivity contribution in [2.24, 2.45) is 0 Å². The smallest absolute Gasteiger partial charge is 0.250 e. The molecule has 5 heteroatoms. The van der Waals surface area contributed by atoms with Gasteiger partial charge < -0.3 is 15.0 Å². The zero-order chi connectivity index (χ0) is 13.7. The van der Waals surface area contributed by atoms with Crippen LogP contribution in [0, 0.1) is 0 Å².